The summed E-state index contributed by atoms with van der Waals surface area (Å²) < 4.78 is 12.4. The molecule has 1 aromatic heterocycles. The van der Waals surface area contributed by atoms with E-state index in [9.17, 15) is 9.59 Å². The van der Waals surface area contributed by atoms with Gasteiger partial charge in [0.15, 0.2) is 5.60 Å². The number of aryl methyl sites for hydroxylation is 1. The van der Waals surface area contributed by atoms with Gasteiger partial charge in [-0.3, -0.25) is 14.6 Å². The first-order chi connectivity index (χ1) is 17.6. The standard InChI is InChI=1S/C29H33N3O4/c1-2-31-17-19-35-26-14-4-3-9-22(26)10-5-6-15-29(28(31)34)21-32(18-20-36-29)27(33)24-11-7-13-25-23(24)12-8-16-30-25/h3-4,7-9,11-14,16H,2,5-6,10,15,17-21H2,1H3. The first-order valence-corrected chi connectivity index (χ1v) is 12.9. The number of ether oxygens (including phenoxy) is 2. The quantitative estimate of drug-likeness (QED) is 0.544. The van der Waals surface area contributed by atoms with Crippen molar-refractivity contribution in [2.24, 2.45) is 0 Å². The SMILES string of the molecule is CCN1CCOc2ccccc2CCCCC2(CN(C(=O)c3cccc4ncccc34)CCO2)C1=O. The maximum atomic E-state index is 13.9. The first kappa shape index (κ1) is 24.3. The highest BCUT2D eigenvalue weighted by molar-refractivity contribution is 6.06. The zero-order valence-electron chi connectivity index (χ0n) is 20.8. The average molecular weight is 488 g/mol. The van der Waals surface area contributed by atoms with Crippen LogP contribution in [-0.4, -0.2) is 71.6 Å². The topological polar surface area (TPSA) is 72.0 Å². The van der Waals surface area contributed by atoms with Crippen LogP contribution in [-0.2, 0) is 16.0 Å². The molecule has 36 heavy (non-hydrogen) atoms. The molecular weight excluding hydrogens is 454 g/mol. The Balaban J connectivity index is 1.41. The normalized spacial score (nSPS) is 21.4. The number of nitrogens with zero attached hydrogens (tertiary/aromatic N) is 3. The van der Waals surface area contributed by atoms with E-state index in [4.69, 9.17) is 9.47 Å². The monoisotopic (exact) mass is 487 g/mol. The smallest absolute Gasteiger partial charge is 0.256 e. The zero-order chi connectivity index (χ0) is 25.0. The number of carbonyl (C=O) groups excluding carboxylic acids is 2. The molecule has 3 heterocycles. The number of benzene rings is 2. The van der Waals surface area contributed by atoms with Crippen LogP contribution in [0.3, 0.4) is 0 Å². The van der Waals surface area contributed by atoms with Gasteiger partial charge < -0.3 is 19.3 Å². The minimum atomic E-state index is -1.05. The molecule has 0 saturated carbocycles. The van der Waals surface area contributed by atoms with Crippen molar-refractivity contribution in [1.82, 2.24) is 14.8 Å². The van der Waals surface area contributed by atoms with Crippen LogP contribution in [0.15, 0.2) is 60.8 Å². The largest absolute Gasteiger partial charge is 0.491 e. The predicted molar refractivity (Wildman–Crippen MR) is 138 cm³/mol. The summed E-state index contributed by atoms with van der Waals surface area (Å²) in [4.78, 5) is 35.6. The van der Waals surface area contributed by atoms with E-state index in [1.54, 1.807) is 16.0 Å². The van der Waals surface area contributed by atoms with Crippen LogP contribution in [0.4, 0.5) is 0 Å². The molecule has 7 heteroatoms. The molecule has 2 aliphatic heterocycles. The summed E-state index contributed by atoms with van der Waals surface area (Å²) in [5, 5.41) is 0.821. The van der Waals surface area contributed by atoms with Crippen LogP contribution in [0, 0.1) is 0 Å². The Bertz CT molecular complexity index is 1240. The number of pyridine rings is 1. The average Bonchev–Trinajstić information content (AvgIpc) is 2.92. The molecule has 1 spiro atoms. The molecule has 2 amide bonds. The first-order valence-electron chi connectivity index (χ1n) is 12.9. The number of fused-ring (bicyclic) bond motifs is 2. The third kappa shape index (κ3) is 4.80. The fourth-order valence-corrected chi connectivity index (χ4v) is 5.34. The second kappa shape index (κ2) is 10.7. The van der Waals surface area contributed by atoms with Crippen molar-refractivity contribution in [3.8, 4) is 5.75 Å². The van der Waals surface area contributed by atoms with Crippen LogP contribution in [0.1, 0.15) is 42.1 Å². The lowest BCUT2D eigenvalue weighted by Crippen LogP contribution is -2.62. The van der Waals surface area contributed by atoms with Gasteiger partial charge in [-0.05, 0) is 62.4 Å². The van der Waals surface area contributed by atoms with E-state index >= 15 is 0 Å². The summed E-state index contributed by atoms with van der Waals surface area (Å²) in [7, 11) is 0. The number of aromatic nitrogens is 1. The molecule has 0 N–H and O–H groups in total. The van der Waals surface area contributed by atoms with E-state index in [0.29, 0.717) is 44.8 Å². The van der Waals surface area contributed by atoms with Crippen LogP contribution in [0.5, 0.6) is 5.75 Å². The second-order valence-electron chi connectivity index (χ2n) is 9.49. The molecule has 0 aliphatic carbocycles. The summed E-state index contributed by atoms with van der Waals surface area (Å²) in [6, 6.07) is 17.5. The van der Waals surface area contributed by atoms with Crippen molar-refractivity contribution < 1.29 is 19.1 Å². The zero-order valence-corrected chi connectivity index (χ0v) is 20.8. The third-order valence-corrected chi connectivity index (χ3v) is 7.28. The number of amides is 2. The molecule has 1 saturated heterocycles. The van der Waals surface area contributed by atoms with E-state index in [1.807, 2.05) is 55.5 Å². The van der Waals surface area contributed by atoms with E-state index in [-0.39, 0.29) is 18.4 Å². The van der Waals surface area contributed by atoms with Crippen molar-refractivity contribution in [2.75, 3.05) is 39.4 Å². The van der Waals surface area contributed by atoms with Crippen molar-refractivity contribution >= 4 is 22.7 Å². The van der Waals surface area contributed by atoms with Gasteiger partial charge in [-0.1, -0.05) is 30.3 Å². The number of para-hydroxylation sites is 1. The molecule has 0 radical (unpaired) electrons. The molecule has 3 aromatic rings. The second-order valence-corrected chi connectivity index (χ2v) is 9.49. The maximum absolute atomic E-state index is 13.9. The van der Waals surface area contributed by atoms with Crippen LogP contribution < -0.4 is 4.74 Å². The number of likely N-dealkylation sites (N-methyl/N-ethyl adjacent to an activating group) is 1. The van der Waals surface area contributed by atoms with E-state index in [0.717, 1.165) is 35.9 Å². The summed E-state index contributed by atoms with van der Waals surface area (Å²) in [6.07, 6.45) is 4.91. The Kier molecular flexibility index (Phi) is 7.18. The van der Waals surface area contributed by atoms with Gasteiger partial charge in [-0.25, -0.2) is 0 Å². The molecule has 1 unspecified atom stereocenters. The van der Waals surface area contributed by atoms with Gasteiger partial charge >= 0.3 is 0 Å². The van der Waals surface area contributed by atoms with Gasteiger partial charge in [0.1, 0.15) is 12.4 Å². The lowest BCUT2D eigenvalue weighted by molar-refractivity contribution is -0.170. The molecule has 1 fully saturated rings. The Labute approximate surface area is 212 Å². The van der Waals surface area contributed by atoms with Crippen molar-refractivity contribution in [3.05, 3.63) is 71.9 Å². The van der Waals surface area contributed by atoms with E-state index < -0.39 is 5.60 Å². The van der Waals surface area contributed by atoms with E-state index in [2.05, 4.69) is 11.1 Å². The van der Waals surface area contributed by atoms with Gasteiger partial charge in [0.25, 0.3) is 11.8 Å². The lowest BCUT2D eigenvalue weighted by atomic mass is 9.90. The summed E-state index contributed by atoms with van der Waals surface area (Å²) in [5.41, 5.74) is 1.53. The van der Waals surface area contributed by atoms with Crippen molar-refractivity contribution in [3.63, 3.8) is 0 Å². The minimum Gasteiger partial charge on any atom is -0.491 e. The summed E-state index contributed by atoms with van der Waals surface area (Å²) in [6.45, 7) is 4.44. The Hall–Kier alpha value is -3.45. The molecule has 2 aliphatic rings. The van der Waals surface area contributed by atoms with Gasteiger partial charge in [0.2, 0.25) is 0 Å². The molecule has 5 rings (SSSR count). The predicted octanol–water partition coefficient (Wildman–Crippen LogP) is 4.10. The van der Waals surface area contributed by atoms with Gasteiger partial charge in [-0.15, -0.1) is 0 Å². The number of rotatable bonds is 2. The minimum absolute atomic E-state index is 0.0560. The van der Waals surface area contributed by atoms with Gasteiger partial charge in [0.05, 0.1) is 25.2 Å². The van der Waals surface area contributed by atoms with Gasteiger partial charge in [-0.2, -0.15) is 0 Å². The number of hydrogen-bond acceptors (Lipinski definition) is 5. The molecule has 188 valence electrons. The number of carbonyl (C=O) groups is 2. The van der Waals surface area contributed by atoms with Crippen molar-refractivity contribution in [2.45, 2.75) is 38.2 Å². The fraction of sp³-hybridized carbons (Fsp3) is 0.414. The number of morpholine rings is 1. The Morgan fingerprint density at radius 3 is 2.81 bits per heavy atom. The highest BCUT2D eigenvalue weighted by Crippen LogP contribution is 2.31. The van der Waals surface area contributed by atoms with E-state index in [1.165, 1.54) is 5.56 Å². The van der Waals surface area contributed by atoms with Crippen LogP contribution in [0.2, 0.25) is 0 Å². The Morgan fingerprint density at radius 2 is 1.92 bits per heavy atom. The van der Waals surface area contributed by atoms with Gasteiger partial charge in [0, 0.05) is 30.2 Å². The third-order valence-electron chi connectivity index (χ3n) is 7.28. The lowest BCUT2D eigenvalue weighted by Gasteiger charge is -2.44. The fourth-order valence-electron chi connectivity index (χ4n) is 5.34. The molecule has 2 aromatic carbocycles. The highest BCUT2D eigenvalue weighted by atomic mass is 16.5. The number of hydrogen-bond donors (Lipinski definition) is 0. The molecule has 1 atom stereocenters. The molecule has 7 nitrogen and oxygen atoms in total. The maximum Gasteiger partial charge on any atom is 0.256 e. The van der Waals surface area contributed by atoms with Crippen LogP contribution >= 0.6 is 0 Å². The van der Waals surface area contributed by atoms with Crippen LogP contribution in [0.25, 0.3) is 10.9 Å². The Morgan fingerprint density at radius 1 is 1.03 bits per heavy atom. The summed E-state index contributed by atoms with van der Waals surface area (Å²) >= 11 is 0. The van der Waals surface area contributed by atoms with Crippen molar-refractivity contribution in [1.29, 1.82) is 0 Å². The molecular formula is C29H33N3O4. The molecule has 0 bridgehead atoms. The summed E-state index contributed by atoms with van der Waals surface area (Å²) in [5.74, 6) is 0.751. The highest BCUT2D eigenvalue weighted by Gasteiger charge is 2.46.